The third-order valence-corrected chi connectivity index (χ3v) is 4.37. The van der Waals surface area contributed by atoms with E-state index in [0.29, 0.717) is 17.3 Å². The van der Waals surface area contributed by atoms with E-state index in [1.165, 1.54) is 0 Å². The van der Waals surface area contributed by atoms with Crippen molar-refractivity contribution >= 4 is 11.6 Å². The first kappa shape index (κ1) is 12.2. The van der Waals surface area contributed by atoms with Gasteiger partial charge < -0.3 is 15.7 Å². The van der Waals surface area contributed by atoms with Crippen LogP contribution in [0.2, 0.25) is 0 Å². The maximum atomic E-state index is 10.1. The fourth-order valence-corrected chi connectivity index (χ4v) is 2.92. The number of nitrogen functional groups attached to an aromatic ring is 1. The number of hydrogen-bond donors (Lipinski definition) is 2. The van der Waals surface area contributed by atoms with E-state index in [1.54, 1.807) is 6.07 Å². The van der Waals surface area contributed by atoms with Crippen molar-refractivity contribution < 1.29 is 5.11 Å². The summed E-state index contributed by atoms with van der Waals surface area (Å²) in [5.74, 6) is 1.56. The first-order valence-corrected chi connectivity index (χ1v) is 6.76. The molecule has 0 aromatic carbocycles. The summed E-state index contributed by atoms with van der Waals surface area (Å²) < 4.78 is 0. The number of rotatable bonds is 2. The number of nitrogens with zero attached hydrogens (tertiary/aromatic N) is 3. The lowest BCUT2D eigenvalue weighted by Crippen LogP contribution is -2.39. The third-order valence-electron chi connectivity index (χ3n) is 4.37. The molecule has 1 aliphatic carbocycles. The molecule has 2 aliphatic rings. The maximum Gasteiger partial charge on any atom is 0.143 e. The molecule has 19 heavy (non-hydrogen) atoms. The Morgan fingerprint density at radius 3 is 2.58 bits per heavy atom. The zero-order chi connectivity index (χ0) is 13.5. The molecule has 3 N–H and O–H groups in total. The molecule has 1 aliphatic heterocycles. The molecule has 0 bridgehead atoms. The Kier molecular flexibility index (Phi) is 2.83. The van der Waals surface area contributed by atoms with Crippen molar-refractivity contribution in [3.63, 3.8) is 0 Å². The average Bonchev–Trinajstić information content (AvgIpc) is 3.18. The lowest BCUT2D eigenvalue weighted by molar-refractivity contribution is 0.0680. The number of pyridine rings is 1. The van der Waals surface area contributed by atoms with Gasteiger partial charge in [-0.2, -0.15) is 5.26 Å². The predicted molar refractivity (Wildman–Crippen MR) is 72.5 cm³/mol. The summed E-state index contributed by atoms with van der Waals surface area (Å²) in [5.41, 5.74) is 5.80. The number of aromatic nitrogens is 1. The Balaban J connectivity index is 1.68. The fraction of sp³-hybridized carbons (Fsp3) is 0.571. The van der Waals surface area contributed by atoms with Gasteiger partial charge in [0, 0.05) is 13.1 Å². The van der Waals surface area contributed by atoms with Crippen LogP contribution in [0.15, 0.2) is 12.1 Å². The molecule has 0 unspecified atom stereocenters. The van der Waals surface area contributed by atoms with Crippen LogP contribution in [0.4, 0.5) is 11.6 Å². The molecule has 0 spiro atoms. The van der Waals surface area contributed by atoms with Crippen molar-refractivity contribution in [3.05, 3.63) is 17.7 Å². The molecule has 2 fully saturated rings. The van der Waals surface area contributed by atoms with Gasteiger partial charge in [-0.1, -0.05) is 0 Å². The normalized spacial score (nSPS) is 22.0. The highest BCUT2D eigenvalue weighted by Gasteiger charge is 2.48. The summed E-state index contributed by atoms with van der Waals surface area (Å²) in [5, 5.41) is 19.0. The largest absolute Gasteiger partial charge is 0.390 e. The van der Waals surface area contributed by atoms with Gasteiger partial charge in [0.15, 0.2) is 0 Å². The minimum Gasteiger partial charge on any atom is -0.390 e. The van der Waals surface area contributed by atoms with Gasteiger partial charge in [0.1, 0.15) is 17.7 Å². The maximum absolute atomic E-state index is 10.1. The third kappa shape index (κ3) is 2.24. The van der Waals surface area contributed by atoms with Gasteiger partial charge in [-0.15, -0.1) is 0 Å². The van der Waals surface area contributed by atoms with Crippen LogP contribution in [0.1, 0.15) is 31.2 Å². The molecule has 1 saturated heterocycles. The summed E-state index contributed by atoms with van der Waals surface area (Å²) in [6.45, 7) is 1.79. The van der Waals surface area contributed by atoms with Gasteiger partial charge in [-0.25, -0.2) is 4.98 Å². The van der Waals surface area contributed by atoms with E-state index < -0.39 is 0 Å². The highest BCUT2D eigenvalue weighted by molar-refractivity contribution is 5.54. The van der Waals surface area contributed by atoms with Crippen LogP contribution in [0.5, 0.6) is 0 Å². The van der Waals surface area contributed by atoms with Gasteiger partial charge in [0.25, 0.3) is 0 Å². The van der Waals surface area contributed by atoms with E-state index in [4.69, 9.17) is 11.0 Å². The Morgan fingerprint density at radius 1 is 1.37 bits per heavy atom. The first-order chi connectivity index (χ1) is 9.12. The quantitative estimate of drug-likeness (QED) is 0.834. The molecule has 100 valence electrons. The highest BCUT2D eigenvalue weighted by Crippen LogP contribution is 2.46. The van der Waals surface area contributed by atoms with Crippen LogP contribution in [0, 0.1) is 17.2 Å². The molecule has 2 heterocycles. The monoisotopic (exact) mass is 258 g/mol. The lowest BCUT2D eigenvalue weighted by atomic mass is 9.89. The molecule has 0 radical (unpaired) electrons. The smallest absolute Gasteiger partial charge is 0.143 e. The van der Waals surface area contributed by atoms with E-state index in [2.05, 4.69) is 9.88 Å². The standard InChI is InChI=1S/C14H18N4O/c15-9-10-1-2-12(17-13(10)16)18-7-3-11(4-8-18)14(19)5-6-14/h1-2,11,19H,3-8H2,(H2,16,17). The Labute approximate surface area is 112 Å². The topological polar surface area (TPSA) is 86.2 Å². The van der Waals surface area contributed by atoms with Gasteiger partial charge in [-0.3, -0.25) is 0 Å². The van der Waals surface area contributed by atoms with Crippen LogP contribution in [-0.2, 0) is 0 Å². The first-order valence-electron chi connectivity index (χ1n) is 6.76. The number of nitrogens with two attached hydrogens (primary N) is 1. The van der Waals surface area contributed by atoms with E-state index >= 15 is 0 Å². The second-order valence-corrected chi connectivity index (χ2v) is 5.58. The molecule has 1 aromatic heterocycles. The van der Waals surface area contributed by atoms with Crippen LogP contribution in [-0.4, -0.2) is 28.8 Å². The lowest BCUT2D eigenvalue weighted by Gasteiger charge is -2.35. The molecule has 3 rings (SSSR count). The number of aliphatic hydroxyl groups is 1. The highest BCUT2D eigenvalue weighted by atomic mass is 16.3. The Morgan fingerprint density at radius 2 is 2.05 bits per heavy atom. The van der Waals surface area contributed by atoms with Crippen molar-refractivity contribution in [2.24, 2.45) is 5.92 Å². The van der Waals surface area contributed by atoms with Gasteiger partial charge in [0.05, 0.1) is 11.2 Å². The van der Waals surface area contributed by atoms with E-state index in [0.717, 1.165) is 44.6 Å². The Bertz CT molecular complexity index is 525. The van der Waals surface area contributed by atoms with Crippen molar-refractivity contribution in [3.8, 4) is 6.07 Å². The minimum atomic E-state index is -0.372. The van der Waals surface area contributed by atoms with Crippen molar-refractivity contribution in [1.82, 2.24) is 4.98 Å². The summed E-state index contributed by atoms with van der Waals surface area (Å²) in [7, 11) is 0. The van der Waals surface area contributed by atoms with Crippen LogP contribution in [0.3, 0.4) is 0 Å². The molecule has 1 saturated carbocycles. The van der Waals surface area contributed by atoms with Crippen molar-refractivity contribution in [1.29, 1.82) is 5.26 Å². The zero-order valence-corrected chi connectivity index (χ0v) is 10.8. The number of anilines is 2. The second-order valence-electron chi connectivity index (χ2n) is 5.58. The number of piperidine rings is 1. The molecule has 5 nitrogen and oxygen atoms in total. The molecule has 5 heteroatoms. The van der Waals surface area contributed by atoms with Gasteiger partial charge in [-0.05, 0) is 43.7 Å². The minimum absolute atomic E-state index is 0.294. The van der Waals surface area contributed by atoms with Crippen molar-refractivity contribution in [2.75, 3.05) is 23.7 Å². The molecular weight excluding hydrogens is 240 g/mol. The fourth-order valence-electron chi connectivity index (χ4n) is 2.92. The summed E-state index contributed by atoms with van der Waals surface area (Å²) in [6.07, 6.45) is 3.91. The van der Waals surface area contributed by atoms with Gasteiger partial charge in [0.2, 0.25) is 0 Å². The zero-order valence-electron chi connectivity index (χ0n) is 10.8. The molecule has 1 aromatic rings. The summed E-state index contributed by atoms with van der Waals surface area (Å²) >= 11 is 0. The second kappa shape index (κ2) is 4.39. The molecular formula is C14H18N4O. The van der Waals surface area contributed by atoms with Crippen LogP contribution < -0.4 is 10.6 Å². The number of nitriles is 1. The predicted octanol–water partition coefficient (Wildman–Crippen LogP) is 1.28. The van der Waals surface area contributed by atoms with Crippen LogP contribution in [0.25, 0.3) is 0 Å². The number of hydrogen-bond acceptors (Lipinski definition) is 5. The van der Waals surface area contributed by atoms with Gasteiger partial charge >= 0.3 is 0 Å². The van der Waals surface area contributed by atoms with E-state index in [9.17, 15) is 5.11 Å². The average molecular weight is 258 g/mol. The molecule has 0 atom stereocenters. The SMILES string of the molecule is N#Cc1ccc(N2CCC(C3(O)CC3)CC2)nc1N. The Hall–Kier alpha value is -1.80. The summed E-state index contributed by atoms with van der Waals surface area (Å²) in [4.78, 5) is 6.47. The van der Waals surface area contributed by atoms with Crippen molar-refractivity contribution in [2.45, 2.75) is 31.3 Å². The van der Waals surface area contributed by atoms with Crippen LogP contribution >= 0.6 is 0 Å². The summed E-state index contributed by atoms with van der Waals surface area (Å²) in [6, 6.07) is 5.59. The van der Waals surface area contributed by atoms with E-state index in [-0.39, 0.29) is 5.60 Å². The molecule has 0 amide bonds. The van der Waals surface area contributed by atoms with E-state index in [1.807, 2.05) is 12.1 Å².